The smallest absolute Gasteiger partial charge is 0.123 e. The van der Waals surface area contributed by atoms with Crippen molar-refractivity contribution in [3.63, 3.8) is 0 Å². The summed E-state index contributed by atoms with van der Waals surface area (Å²) in [5, 5.41) is 12.2. The topological polar surface area (TPSA) is 35.8 Å². The van der Waals surface area contributed by atoms with Crippen LogP contribution >= 0.6 is 11.3 Å². The molecule has 98 valence electrons. The maximum atomic E-state index is 13.5. The summed E-state index contributed by atoms with van der Waals surface area (Å²) in [6.07, 6.45) is 0. The van der Waals surface area contributed by atoms with E-state index in [0.717, 1.165) is 22.5 Å². The van der Waals surface area contributed by atoms with E-state index in [1.807, 2.05) is 19.1 Å². The Morgan fingerprint density at radius 3 is 2.79 bits per heavy atom. The minimum absolute atomic E-state index is 0.147. The van der Waals surface area contributed by atoms with Crippen LogP contribution in [0.2, 0.25) is 0 Å². The lowest BCUT2D eigenvalue weighted by Gasteiger charge is -2.16. The summed E-state index contributed by atoms with van der Waals surface area (Å²) < 4.78 is 13.5. The molecule has 0 bridgehead atoms. The third-order valence-corrected chi connectivity index (χ3v) is 4.00. The van der Waals surface area contributed by atoms with E-state index in [1.165, 1.54) is 23.5 Å². The van der Waals surface area contributed by atoms with Gasteiger partial charge in [0.2, 0.25) is 0 Å². The van der Waals surface area contributed by atoms with E-state index >= 15 is 0 Å². The molecule has 1 unspecified atom stereocenters. The number of thiophene rings is 1. The largest absolute Gasteiger partial charge is 0.310 e. The number of rotatable bonds is 4. The number of nitriles is 1. The fraction of sp³-hybridized carbons (Fsp3) is 0.267. The molecule has 1 aromatic carbocycles. The summed E-state index contributed by atoms with van der Waals surface area (Å²) in [7, 11) is 0. The van der Waals surface area contributed by atoms with Crippen LogP contribution < -0.4 is 5.32 Å². The van der Waals surface area contributed by atoms with Crippen LogP contribution in [-0.4, -0.2) is 6.54 Å². The fourth-order valence-electron chi connectivity index (χ4n) is 2.08. The van der Waals surface area contributed by atoms with Gasteiger partial charge >= 0.3 is 0 Å². The molecule has 2 aromatic rings. The standard InChI is InChI=1S/C15H15FN2S/c1-3-18-10(2)13-6-4-11(16)8-14(13)15-7-5-12(9-17)19-15/h4-8,10,18H,3H2,1-2H3. The first-order valence-electron chi connectivity index (χ1n) is 6.18. The Balaban J connectivity index is 2.48. The highest BCUT2D eigenvalue weighted by Crippen LogP contribution is 2.33. The molecule has 0 spiro atoms. The summed E-state index contributed by atoms with van der Waals surface area (Å²) >= 11 is 1.39. The first-order valence-corrected chi connectivity index (χ1v) is 7.00. The van der Waals surface area contributed by atoms with Crippen molar-refractivity contribution in [3.05, 3.63) is 46.6 Å². The zero-order chi connectivity index (χ0) is 13.8. The quantitative estimate of drug-likeness (QED) is 0.911. The van der Waals surface area contributed by atoms with E-state index in [-0.39, 0.29) is 11.9 Å². The molecular weight excluding hydrogens is 259 g/mol. The van der Waals surface area contributed by atoms with Crippen LogP contribution in [0.15, 0.2) is 30.3 Å². The van der Waals surface area contributed by atoms with Gasteiger partial charge in [0.1, 0.15) is 16.8 Å². The summed E-state index contributed by atoms with van der Waals surface area (Å²) in [6.45, 7) is 4.95. The van der Waals surface area contributed by atoms with Crippen molar-refractivity contribution in [2.24, 2.45) is 0 Å². The number of halogens is 1. The number of benzene rings is 1. The highest BCUT2D eigenvalue weighted by Gasteiger charge is 2.14. The van der Waals surface area contributed by atoms with Gasteiger partial charge < -0.3 is 5.32 Å². The maximum absolute atomic E-state index is 13.5. The second-order valence-electron chi connectivity index (χ2n) is 4.29. The summed E-state index contributed by atoms with van der Waals surface area (Å²) in [5.74, 6) is -0.255. The molecule has 0 aliphatic carbocycles. The molecule has 0 saturated carbocycles. The van der Waals surface area contributed by atoms with Crippen molar-refractivity contribution in [3.8, 4) is 16.5 Å². The van der Waals surface area contributed by atoms with Crippen molar-refractivity contribution < 1.29 is 4.39 Å². The van der Waals surface area contributed by atoms with E-state index in [4.69, 9.17) is 5.26 Å². The summed E-state index contributed by atoms with van der Waals surface area (Å²) in [4.78, 5) is 1.57. The maximum Gasteiger partial charge on any atom is 0.123 e. The molecular formula is C15H15FN2S. The first-order chi connectivity index (χ1) is 9.15. The third-order valence-electron chi connectivity index (χ3n) is 2.97. The Morgan fingerprint density at radius 2 is 2.16 bits per heavy atom. The van der Waals surface area contributed by atoms with E-state index in [9.17, 15) is 4.39 Å². The van der Waals surface area contributed by atoms with Crippen LogP contribution in [0.5, 0.6) is 0 Å². The molecule has 2 nitrogen and oxygen atoms in total. The SMILES string of the molecule is CCNC(C)c1ccc(F)cc1-c1ccc(C#N)s1. The Kier molecular flexibility index (Phi) is 4.31. The minimum Gasteiger partial charge on any atom is -0.310 e. The molecule has 1 heterocycles. The van der Waals surface area contributed by atoms with Gasteiger partial charge in [0.25, 0.3) is 0 Å². The Bertz CT molecular complexity index is 613. The predicted molar refractivity (Wildman–Crippen MR) is 76.5 cm³/mol. The number of hydrogen-bond donors (Lipinski definition) is 1. The van der Waals surface area contributed by atoms with Crippen LogP contribution in [0.25, 0.3) is 10.4 Å². The summed E-state index contributed by atoms with van der Waals surface area (Å²) in [5.41, 5.74) is 1.91. The molecule has 0 amide bonds. The van der Waals surface area contributed by atoms with Crippen molar-refractivity contribution >= 4 is 11.3 Å². The average Bonchev–Trinajstić information content (AvgIpc) is 2.87. The molecule has 1 atom stereocenters. The highest BCUT2D eigenvalue weighted by atomic mass is 32.1. The van der Waals surface area contributed by atoms with E-state index in [0.29, 0.717) is 4.88 Å². The molecule has 0 aliphatic rings. The van der Waals surface area contributed by atoms with Gasteiger partial charge in [-0.05, 0) is 48.9 Å². The lowest BCUT2D eigenvalue weighted by Crippen LogP contribution is -2.18. The second kappa shape index (κ2) is 5.96. The average molecular weight is 274 g/mol. The van der Waals surface area contributed by atoms with Gasteiger partial charge in [-0.15, -0.1) is 11.3 Å². The van der Waals surface area contributed by atoms with Crippen molar-refractivity contribution in [2.45, 2.75) is 19.9 Å². The van der Waals surface area contributed by atoms with E-state index in [2.05, 4.69) is 18.3 Å². The first kappa shape index (κ1) is 13.7. The lowest BCUT2D eigenvalue weighted by molar-refractivity contribution is 0.593. The highest BCUT2D eigenvalue weighted by molar-refractivity contribution is 7.16. The van der Waals surface area contributed by atoms with Gasteiger partial charge in [0.05, 0.1) is 0 Å². The molecule has 4 heteroatoms. The van der Waals surface area contributed by atoms with Crippen LogP contribution in [0, 0.1) is 17.1 Å². The Labute approximate surface area is 116 Å². The predicted octanol–water partition coefficient (Wildman–Crippen LogP) is 4.10. The molecule has 2 rings (SSSR count). The van der Waals surface area contributed by atoms with Crippen LogP contribution in [-0.2, 0) is 0 Å². The van der Waals surface area contributed by atoms with Gasteiger partial charge in [0.15, 0.2) is 0 Å². The van der Waals surface area contributed by atoms with Gasteiger partial charge in [-0.3, -0.25) is 0 Å². The van der Waals surface area contributed by atoms with Crippen LogP contribution in [0.3, 0.4) is 0 Å². The monoisotopic (exact) mass is 274 g/mol. The fourth-order valence-corrected chi connectivity index (χ4v) is 2.92. The van der Waals surface area contributed by atoms with Gasteiger partial charge in [-0.2, -0.15) is 5.26 Å². The third kappa shape index (κ3) is 3.01. The van der Waals surface area contributed by atoms with E-state index in [1.54, 1.807) is 6.07 Å². The molecule has 0 saturated heterocycles. The van der Waals surface area contributed by atoms with Crippen LogP contribution in [0.1, 0.15) is 30.3 Å². The van der Waals surface area contributed by atoms with Gasteiger partial charge in [0, 0.05) is 10.9 Å². The number of hydrogen-bond acceptors (Lipinski definition) is 3. The molecule has 1 aromatic heterocycles. The zero-order valence-corrected chi connectivity index (χ0v) is 11.7. The van der Waals surface area contributed by atoms with Gasteiger partial charge in [-0.1, -0.05) is 13.0 Å². The minimum atomic E-state index is -0.255. The van der Waals surface area contributed by atoms with Crippen LogP contribution in [0.4, 0.5) is 4.39 Å². The van der Waals surface area contributed by atoms with Crippen molar-refractivity contribution in [1.82, 2.24) is 5.32 Å². The van der Waals surface area contributed by atoms with Crippen molar-refractivity contribution in [1.29, 1.82) is 5.26 Å². The lowest BCUT2D eigenvalue weighted by atomic mass is 10.00. The zero-order valence-electron chi connectivity index (χ0n) is 10.9. The molecule has 19 heavy (non-hydrogen) atoms. The van der Waals surface area contributed by atoms with E-state index < -0.39 is 0 Å². The van der Waals surface area contributed by atoms with Crippen molar-refractivity contribution in [2.75, 3.05) is 6.54 Å². The number of nitrogens with zero attached hydrogens (tertiary/aromatic N) is 1. The summed E-state index contributed by atoms with van der Waals surface area (Å²) in [6, 6.07) is 10.7. The molecule has 0 aliphatic heterocycles. The Morgan fingerprint density at radius 1 is 1.37 bits per heavy atom. The molecule has 0 radical (unpaired) electrons. The number of nitrogens with one attached hydrogen (secondary N) is 1. The Hall–Kier alpha value is -1.70. The molecule has 1 N–H and O–H groups in total. The molecule has 0 fully saturated rings. The normalized spacial score (nSPS) is 12.1. The second-order valence-corrected chi connectivity index (χ2v) is 5.37. The van der Waals surface area contributed by atoms with Gasteiger partial charge in [-0.25, -0.2) is 4.39 Å².